The molecule has 9 heavy (non-hydrogen) atoms. The zero-order chi connectivity index (χ0) is 6.91. The summed E-state index contributed by atoms with van der Waals surface area (Å²) in [7, 11) is 5.61. The molecule has 0 aliphatic carbocycles. The number of ether oxygens (including phenoxy) is 1. The molecule has 50 valence electrons. The van der Waals surface area contributed by atoms with Crippen molar-refractivity contribution in [1.82, 2.24) is 0 Å². The van der Waals surface area contributed by atoms with Crippen LogP contribution >= 0.6 is 0 Å². The van der Waals surface area contributed by atoms with Gasteiger partial charge in [0.15, 0.2) is 0 Å². The summed E-state index contributed by atoms with van der Waals surface area (Å²) >= 11 is 0. The van der Waals surface area contributed by atoms with Gasteiger partial charge in [0, 0.05) is 5.50 Å². The van der Waals surface area contributed by atoms with Gasteiger partial charge in [-0.05, 0) is 19.8 Å². The van der Waals surface area contributed by atoms with Crippen LogP contribution in [0.5, 0.6) is 0 Å². The van der Waals surface area contributed by atoms with Gasteiger partial charge in [-0.1, -0.05) is 0 Å². The van der Waals surface area contributed by atoms with Crippen molar-refractivity contribution in [1.29, 1.82) is 0 Å². The lowest BCUT2D eigenvalue weighted by Crippen LogP contribution is -2.25. The monoisotopic (exact) mass is 126 g/mol. The third kappa shape index (κ3) is 1.70. The predicted molar refractivity (Wildman–Crippen MR) is 35.4 cm³/mol. The molecule has 1 rings (SSSR count). The highest BCUT2D eigenvalue weighted by Gasteiger charge is 2.30. The highest BCUT2D eigenvalue weighted by molar-refractivity contribution is 6.14. The van der Waals surface area contributed by atoms with Crippen molar-refractivity contribution in [3.63, 3.8) is 0 Å². The molecule has 0 aromatic rings. The summed E-state index contributed by atoms with van der Waals surface area (Å²) in [6, 6.07) is 0. The van der Waals surface area contributed by atoms with Crippen LogP contribution in [0.4, 0.5) is 0 Å². The van der Waals surface area contributed by atoms with Gasteiger partial charge in [0.05, 0.1) is 12.7 Å². The lowest BCUT2D eigenvalue weighted by Gasteiger charge is -2.18. The maximum Gasteiger partial charge on any atom is 0.113 e. The summed E-state index contributed by atoms with van der Waals surface area (Å²) in [6.07, 6.45) is 1.70. The molecule has 1 saturated heterocycles. The zero-order valence-corrected chi connectivity index (χ0v) is 5.63. The van der Waals surface area contributed by atoms with Gasteiger partial charge < -0.3 is 9.84 Å². The van der Waals surface area contributed by atoms with Crippen molar-refractivity contribution in [2.75, 3.05) is 6.61 Å². The highest BCUT2D eigenvalue weighted by atomic mass is 16.5. The second-order valence-electron chi connectivity index (χ2n) is 2.77. The first-order valence-electron chi connectivity index (χ1n) is 3.21. The molecular weight excluding hydrogens is 115 g/mol. The second kappa shape index (κ2) is 2.31. The minimum absolute atomic E-state index is 0.0278. The Morgan fingerprint density at radius 2 is 2.56 bits per heavy atom. The average molecular weight is 126 g/mol. The predicted octanol–water partition coefficient (Wildman–Crippen LogP) is 0.0424. The van der Waals surface area contributed by atoms with E-state index < -0.39 is 5.50 Å². The van der Waals surface area contributed by atoms with E-state index in [-0.39, 0.29) is 12.7 Å². The summed E-state index contributed by atoms with van der Waals surface area (Å²) in [5.74, 6) is 0. The Bertz CT molecular complexity index is 103. The van der Waals surface area contributed by atoms with E-state index in [1.165, 1.54) is 0 Å². The van der Waals surface area contributed by atoms with Gasteiger partial charge in [-0.25, -0.2) is 0 Å². The first-order valence-corrected chi connectivity index (χ1v) is 3.21. The second-order valence-corrected chi connectivity index (χ2v) is 2.77. The third-order valence-corrected chi connectivity index (χ3v) is 1.60. The van der Waals surface area contributed by atoms with E-state index in [1.807, 2.05) is 6.92 Å². The van der Waals surface area contributed by atoms with Crippen molar-refractivity contribution in [2.24, 2.45) is 0 Å². The van der Waals surface area contributed by atoms with Crippen LogP contribution in [0.3, 0.4) is 0 Å². The van der Waals surface area contributed by atoms with Crippen molar-refractivity contribution < 1.29 is 9.84 Å². The molecule has 0 aromatic heterocycles. The van der Waals surface area contributed by atoms with Gasteiger partial charge in [0.1, 0.15) is 7.85 Å². The molecule has 2 atom stereocenters. The Morgan fingerprint density at radius 3 is 2.78 bits per heavy atom. The summed E-state index contributed by atoms with van der Waals surface area (Å²) in [4.78, 5) is 0. The number of hydrogen-bond donors (Lipinski definition) is 1. The zero-order valence-electron chi connectivity index (χ0n) is 5.63. The number of rotatable bonds is 1. The standard InChI is InChI=1S/C6H11BO2/c1-6(7)3-2-5(4-8)9-6/h5,8H,2-4H2,1H3/t5-,6+/m0/s1. The first kappa shape index (κ1) is 7.10. The van der Waals surface area contributed by atoms with Crippen molar-refractivity contribution in [3.05, 3.63) is 0 Å². The van der Waals surface area contributed by atoms with E-state index in [9.17, 15) is 0 Å². The minimum atomic E-state index is -0.493. The third-order valence-electron chi connectivity index (χ3n) is 1.60. The Kier molecular flexibility index (Phi) is 1.82. The maximum atomic E-state index is 8.62. The van der Waals surface area contributed by atoms with Crippen LogP contribution in [0, 0.1) is 0 Å². The molecule has 3 heteroatoms. The van der Waals surface area contributed by atoms with Crippen molar-refractivity contribution in [2.45, 2.75) is 31.4 Å². The lowest BCUT2D eigenvalue weighted by atomic mass is 9.81. The molecule has 1 fully saturated rings. The molecule has 1 N–H and O–H groups in total. The van der Waals surface area contributed by atoms with Crippen LogP contribution in [-0.2, 0) is 4.74 Å². The fourth-order valence-corrected chi connectivity index (χ4v) is 1.07. The lowest BCUT2D eigenvalue weighted by molar-refractivity contribution is -0.00218. The van der Waals surface area contributed by atoms with Gasteiger partial charge in [-0.15, -0.1) is 0 Å². The molecule has 1 aliphatic rings. The fraction of sp³-hybridized carbons (Fsp3) is 1.00. The van der Waals surface area contributed by atoms with Gasteiger partial charge in [0.25, 0.3) is 0 Å². The molecular formula is C6H11BO2. The van der Waals surface area contributed by atoms with Crippen LogP contribution in [0.1, 0.15) is 19.8 Å². The van der Waals surface area contributed by atoms with Gasteiger partial charge in [-0.2, -0.15) is 0 Å². The largest absolute Gasteiger partial charge is 0.394 e. The summed E-state index contributed by atoms with van der Waals surface area (Å²) in [5.41, 5.74) is -0.493. The number of hydrogen-bond acceptors (Lipinski definition) is 2. The highest BCUT2D eigenvalue weighted by Crippen LogP contribution is 2.26. The molecule has 0 amide bonds. The smallest absolute Gasteiger partial charge is 0.113 e. The molecule has 2 nitrogen and oxygen atoms in total. The van der Waals surface area contributed by atoms with Crippen LogP contribution in [0.25, 0.3) is 0 Å². The molecule has 0 saturated carbocycles. The Balaban J connectivity index is 2.38. The molecule has 0 unspecified atom stereocenters. The molecule has 1 aliphatic heterocycles. The number of aliphatic hydroxyl groups excluding tert-OH is 1. The Morgan fingerprint density at radius 1 is 1.89 bits per heavy atom. The van der Waals surface area contributed by atoms with Gasteiger partial charge in [-0.3, -0.25) is 0 Å². The number of aliphatic hydroxyl groups is 1. The van der Waals surface area contributed by atoms with Crippen LogP contribution in [-0.4, -0.2) is 31.2 Å². The van der Waals surface area contributed by atoms with Gasteiger partial charge in [0.2, 0.25) is 0 Å². The molecule has 0 bridgehead atoms. The van der Waals surface area contributed by atoms with Crippen LogP contribution in [0.15, 0.2) is 0 Å². The van der Waals surface area contributed by atoms with Crippen LogP contribution in [0.2, 0.25) is 0 Å². The van der Waals surface area contributed by atoms with Gasteiger partial charge >= 0.3 is 0 Å². The summed E-state index contributed by atoms with van der Waals surface area (Å²) in [6.45, 7) is 1.93. The first-order chi connectivity index (χ1) is 4.14. The van der Waals surface area contributed by atoms with Crippen molar-refractivity contribution in [3.8, 4) is 0 Å². The van der Waals surface area contributed by atoms with E-state index >= 15 is 0 Å². The van der Waals surface area contributed by atoms with E-state index in [0.29, 0.717) is 0 Å². The van der Waals surface area contributed by atoms with E-state index in [0.717, 1.165) is 12.8 Å². The average Bonchev–Trinajstić information content (AvgIpc) is 2.10. The topological polar surface area (TPSA) is 29.5 Å². The molecule has 0 spiro atoms. The van der Waals surface area contributed by atoms with E-state index in [4.69, 9.17) is 17.7 Å². The minimum Gasteiger partial charge on any atom is -0.394 e. The molecule has 1 heterocycles. The van der Waals surface area contributed by atoms with E-state index in [1.54, 1.807) is 0 Å². The maximum absolute atomic E-state index is 8.62. The van der Waals surface area contributed by atoms with Crippen molar-refractivity contribution >= 4 is 7.85 Å². The quantitative estimate of drug-likeness (QED) is 0.502. The fourth-order valence-electron chi connectivity index (χ4n) is 1.07. The Labute approximate surface area is 56.6 Å². The van der Waals surface area contributed by atoms with Crippen LogP contribution < -0.4 is 0 Å². The molecule has 0 aromatic carbocycles. The van der Waals surface area contributed by atoms with E-state index in [2.05, 4.69) is 0 Å². The normalized spacial score (nSPS) is 43.6. The molecule has 2 radical (unpaired) electrons. The SMILES string of the molecule is [B][C@@]1(C)CC[C@@H](CO)O1. The summed E-state index contributed by atoms with van der Waals surface area (Å²) < 4.78 is 5.23. The Hall–Kier alpha value is -0.0151. The summed E-state index contributed by atoms with van der Waals surface area (Å²) in [5, 5.41) is 8.62.